The predicted octanol–water partition coefficient (Wildman–Crippen LogP) is 5.69. The van der Waals surface area contributed by atoms with Gasteiger partial charge >= 0.3 is 12.7 Å². The number of hydrogen-bond donors (Lipinski definition) is 2. The topological polar surface area (TPSA) is 106 Å². The van der Waals surface area contributed by atoms with Crippen LogP contribution in [0, 0.1) is 19.8 Å². The van der Waals surface area contributed by atoms with Crippen molar-refractivity contribution in [1.29, 1.82) is 0 Å². The second-order valence-corrected chi connectivity index (χ2v) is 11.6. The number of halogens is 2. The maximum atomic E-state index is 13.5. The summed E-state index contributed by atoms with van der Waals surface area (Å²) in [6.07, 6.45) is 1.27. The van der Waals surface area contributed by atoms with Gasteiger partial charge in [-0.25, -0.2) is 4.79 Å². The summed E-state index contributed by atoms with van der Waals surface area (Å²) in [5.41, 5.74) is 1.23. The van der Waals surface area contributed by atoms with E-state index in [1.54, 1.807) is 11.8 Å². The molecule has 222 valence electrons. The van der Waals surface area contributed by atoms with Gasteiger partial charge in [-0.05, 0) is 66.4 Å². The fourth-order valence-corrected chi connectivity index (χ4v) is 5.62. The summed E-state index contributed by atoms with van der Waals surface area (Å²) < 4.78 is 38.2. The highest BCUT2D eigenvalue weighted by atomic mass is 19.3. The quantitative estimate of drug-likeness (QED) is 0.379. The number of nitrogens with one attached hydrogen (secondary N) is 2. The summed E-state index contributed by atoms with van der Waals surface area (Å²) >= 11 is 0. The Morgan fingerprint density at radius 2 is 1.80 bits per heavy atom. The average Bonchev–Trinajstić information content (AvgIpc) is 3.18. The number of likely N-dealkylation sites (tertiary alicyclic amines) is 1. The number of aromatic nitrogens is 2. The van der Waals surface area contributed by atoms with E-state index in [1.165, 1.54) is 6.07 Å². The van der Waals surface area contributed by atoms with E-state index in [2.05, 4.69) is 26.5 Å². The fraction of sp³-hybridized carbons (Fsp3) is 0.500. The second-order valence-electron chi connectivity index (χ2n) is 11.6. The number of para-hydroxylation sites is 1. The van der Waals surface area contributed by atoms with E-state index in [9.17, 15) is 23.2 Å². The standard InChI is InChI=1S/C30H38F2N4O5/c1-17-15-24(40-28(31)32)22(26(37)34-17)16-33-27(38)25-19(3)36(23-10-8-7-9-21(23)25)18(2)20-11-13-35(14-12-20)29(39)41-30(4,5)6/h7-10,15,18,20,28H,11-14,16H2,1-6H3,(H,33,38)(H,34,37). The Hall–Kier alpha value is -3.89. The van der Waals surface area contributed by atoms with E-state index >= 15 is 0 Å². The van der Waals surface area contributed by atoms with Crippen molar-refractivity contribution in [3.05, 3.63) is 63.2 Å². The lowest BCUT2D eigenvalue weighted by Crippen LogP contribution is -2.42. The van der Waals surface area contributed by atoms with Crippen molar-refractivity contribution < 1.29 is 27.8 Å². The molecule has 1 aliphatic rings. The number of alkyl halides is 2. The van der Waals surface area contributed by atoms with Crippen molar-refractivity contribution in [3.8, 4) is 5.75 Å². The highest BCUT2D eigenvalue weighted by molar-refractivity contribution is 6.08. The number of benzene rings is 1. The van der Waals surface area contributed by atoms with Crippen LogP contribution in [0.25, 0.3) is 10.9 Å². The second kappa shape index (κ2) is 11.9. The zero-order valence-electron chi connectivity index (χ0n) is 24.3. The lowest BCUT2D eigenvalue weighted by molar-refractivity contribution is -0.0506. The number of rotatable bonds is 7. The molecule has 1 saturated heterocycles. The van der Waals surface area contributed by atoms with Crippen LogP contribution >= 0.6 is 0 Å². The van der Waals surface area contributed by atoms with Gasteiger partial charge in [-0.15, -0.1) is 0 Å². The summed E-state index contributed by atoms with van der Waals surface area (Å²) in [5, 5.41) is 3.49. The number of amides is 2. The number of pyridine rings is 1. The minimum absolute atomic E-state index is 0.0354. The SMILES string of the molecule is Cc1cc(OC(F)F)c(CNC(=O)c2c(C)n(C(C)C3CCN(C(=O)OC(C)(C)C)CC3)c3ccccc23)c(=O)[nH]1. The van der Waals surface area contributed by atoms with Crippen molar-refractivity contribution in [3.63, 3.8) is 0 Å². The van der Waals surface area contributed by atoms with E-state index in [-0.39, 0.29) is 35.9 Å². The Morgan fingerprint density at radius 1 is 1.15 bits per heavy atom. The van der Waals surface area contributed by atoms with Crippen LogP contribution in [0.15, 0.2) is 35.1 Å². The molecular formula is C30H38F2N4O5. The number of ether oxygens (including phenoxy) is 2. The normalized spacial score (nSPS) is 15.3. The first-order chi connectivity index (χ1) is 19.3. The van der Waals surface area contributed by atoms with Crippen LogP contribution in [0.2, 0.25) is 0 Å². The highest BCUT2D eigenvalue weighted by Gasteiger charge is 2.32. The molecule has 0 bridgehead atoms. The van der Waals surface area contributed by atoms with Gasteiger partial charge in [-0.2, -0.15) is 8.78 Å². The summed E-state index contributed by atoms with van der Waals surface area (Å²) in [7, 11) is 0. The smallest absolute Gasteiger partial charge is 0.410 e. The van der Waals surface area contributed by atoms with Crippen LogP contribution < -0.4 is 15.6 Å². The molecule has 1 atom stereocenters. The molecule has 4 rings (SSSR count). The van der Waals surface area contributed by atoms with Crippen molar-refractivity contribution in [2.45, 2.75) is 79.2 Å². The molecule has 1 aromatic carbocycles. The largest absolute Gasteiger partial charge is 0.444 e. The number of carbonyl (C=O) groups is 2. The predicted molar refractivity (Wildman–Crippen MR) is 152 cm³/mol. The van der Waals surface area contributed by atoms with Gasteiger partial charge in [0.05, 0.1) is 17.7 Å². The van der Waals surface area contributed by atoms with Gasteiger partial charge in [-0.3, -0.25) is 9.59 Å². The van der Waals surface area contributed by atoms with Gasteiger partial charge < -0.3 is 29.2 Å². The van der Waals surface area contributed by atoms with Gasteiger partial charge in [0, 0.05) is 47.5 Å². The maximum absolute atomic E-state index is 13.5. The zero-order chi connectivity index (χ0) is 30.1. The Morgan fingerprint density at radius 3 is 2.44 bits per heavy atom. The monoisotopic (exact) mass is 572 g/mol. The molecule has 2 N–H and O–H groups in total. The molecule has 1 aliphatic heterocycles. The minimum Gasteiger partial charge on any atom is -0.444 e. The molecule has 3 heterocycles. The summed E-state index contributed by atoms with van der Waals surface area (Å²) in [4.78, 5) is 42.9. The highest BCUT2D eigenvalue weighted by Crippen LogP contribution is 2.36. The first-order valence-corrected chi connectivity index (χ1v) is 13.8. The molecule has 0 spiro atoms. The van der Waals surface area contributed by atoms with Crippen LogP contribution in [-0.2, 0) is 11.3 Å². The lowest BCUT2D eigenvalue weighted by Gasteiger charge is -2.36. The van der Waals surface area contributed by atoms with E-state index < -0.39 is 23.7 Å². The van der Waals surface area contributed by atoms with E-state index in [1.807, 2.05) is 52.0 Å². The Kier molecular flexibility index (Phi) is 8.74. The third-order valence-electron chi connectivity index (χ3n) is 7.54. The molecule has 0 saturated carbocycles. The van der Waals surface area contributed by atoms with Gasteiger partial charge in [0.15, 0.2) is 0 Å². The summed E-state index contributed by atoms with van der Waals surface area (Å²) in [5.74, 6) is -0.432. The van der Waals surface area contributed by atoms with E-state index in [0.717, 1.165) is 29.4 Å². The number of fused-ring (bicyclic) bond motifs is 1. The molecule has 0 aliphatic carbocycles. The van der Waals surface area contributed by atoms with Crippen LogP contribution in [0.3, 0.4) is 0 Å². The molecule has 1 fully saturated rings. The Bertz CT molecular complexity index is 1480. The Balaban J connectivity index is 1.56. The van der Waals surface area contributed by atoms with Gasteiger partial charge in [-0.1, -0.05) is 18.2 Å². The fourth-order valence-electron chi connectivity index (χ4n) is 5.62. The van der Waals surface area contributed by atoms with Gasteiger partial charge in [0.2, 0.25) is 0 Å². The van der Waals surface area contributed by atoms with E-state index in [0.29, 0.717) is 24.3 Å². The number of hydrogen-bond acceptors (Lipinski definition) is 5. The molecule has 3 aromatic rings. The number of carbonyl (C=O) groups excluding carboxylic acids is 2. The summed E-state index contributed by atoms with van der Waals surface area (Å²) in [6, 6.07) is 8.94. The Labute approximate surface area is 237 Å². The number of piperidine rings is 1. The molecular weight excluding hydrogens is 534 g/mol. The first kappa shape index (κ1) is 30.1. The van der Waals surface area contributed by atoms with Crippen LogP contribution in [0.5, 0.6) is 5.75 Å². The first-order valence-electron chi connectivity index (χ1n) is 13.8. The zero-order valence-corrected chi connectivity index (χ0v) is 24.3. The van der Waals surface area contributed by atoms with Crippen LogP contribution in [-0.4, -0.2) is 51.8 Å². The number of aromatic amines is 1. The minimum atomic E-state index is -3.11. The maximum Gasteiger partial charge on any atom is 0.410 e. The molecule has 41 heavy (non-hydrogen) atoms. The molecule has 0 radical (unpaired) electrons. The van der Waals surface area contributed by atoms with Gasteiger partial charge in [0.25, 0.3) is 11.5 Å². The van der Waals surface area contributed by atoms with Gasteiger partial charge in [0.1, 0.15) is 11.4 Å². The average molecular weight is 573 g/mol. The molecule has 1 unspecified atom stereocenters. The molecule has 2 aromatic heterocycles. The number of aryl methyl sites for hydroxylation is 1. The van der Waals surface area contributed by atoms with Crippen LogP contribution in [0.4, 0.5) is 13.6 Å². The van der Waals surface area contributed by atoms with Crippen molar-refractivity contribution in [2.75, 3.05) is 13.1 Å². The number of H-pyrrole nitrogens is 1. The summed E-state index contributed by atoms with van der Waals surface area (Å²) in [6.45, 7) is 8.89. The molecule has 11 heteroatoms. The van der Waals surface area contributed by atoms with Crippen molar-refractivity contribution in [1.82, 2.24) is 19.8 Å². The van der Waals surface area contributed by atoms with Crippen LogP contribution in [0.1, 0.15) is 73.9 Å². The third-order valence-corrected chi connectivity index (χ3v) is 7.54. The number of nitrogens with zero attached hydrogens (tertiary/aromatic N) is 2. The molecule has 9 nitrogen and oxygen atoms in total. The molecule has 2 amide bonds. The third kappa shape index (κ3) is 6.71. The van der Waals surface area contributed by atoms with E-state index in [4.69, 9.17) is 4.74 Å². The lowest BCUT2D eigenvalue weighted by atomic mass is 9.90. The van der Waals surface area contributed by atoms with Crippen molar-refractivity contribution >= 4 is 22.9 Å². The van der Waals surface area contributed by atoms with Crippen molar-refractivity contribution in [2.24, 2.45) is 5.92 Å².